The number of aromatic hydroxyl groups is 1. The zero-order chi connectivity index (χ0) is 32.0. The number of anilines is 1. The van der Waals surface area contributed by atoms with Crippen LogP contribution in [-0.4, -0.2) is 81.1 Å². The third kappa shape index (κ3) is 4.31. The van der Waals surface area contributed by atoms with Crippen LogP contribution in [0.2, 0.25) is 0 Å². The van der Waals surface area contributed by atoms with Crippen LogP contribution in [0.15, 0.2) is 41.3 Å². The lowest BCUT2D eigenvalue weighted by atomic mass is 9.95. The third-order valence-corrected chi connectivity index (χ3v) is 9.59. The lowest BCUT2D eigenvalue weighted by Crippen LogP contribution is -2.51. The normalized spacial score (nSPS) is 28.2. The highest BCUT2D eigenvalue weighted by Crippen LogP contribution is 2.40. The Morgan fingerprint density at radius 3 is 2.82 bits per heavy atom. The van der Waals surface area contributed by atoms with Gasteiger partial charge in [0.05, 0.1) is 22.2 Å². The predicted molar refractivity (Wildman–Crippen MR) is 163 cm³/mol. The van der Waals surface area contributed by atoms with E-state index in [0.717, 1.165) is 12.8 Å². The number of halogens is 2. The fourth-order valence-corrected chi connectivity index (χ4v) is 7.56. The minimum atomic E-state index is -1.64. The number of hydrogen-bond donors (Lipinski definition) is 2. The fourth-order valence-electron chi connectivity index (χ4n) is 7.56. The van der Waals surface area contributed by atoms with Crippen LogP contribution in [-0.2, 0) is 0 Å². The minimum Gasteiger partial charge on any atom is -0.508 e. The first-order valence-electron chi connectivity index (χ1n) is 16.0. The molecule has 4 fully saturated rings. The molecule has 2 aromatic heterocycles. The van der Waals surface area contributed by atoms with Crippen molar-refractivity contribution >= 4 is 27.5 Å². The van der Waals surface area contributed by atoms with Gasteiger partial charge >= 0.3 is 6.01 Å². The molecule has 4 aromatic rings. The molecule has 4 aliphatic rings. The number of phenolic OH excluding ortho intramolecular Hbond substituents is 1. The third-order valence-electron chi connectivity index (χ3n) is 9.59. The van der Waals surface area contributed by atoms with Crippen molar-refractivity contribution in [1.29, 1.82) is 0 Å². The Hall–Kier alpha value is -4.27. The van der Waals surface area contributed by atoms with Crippen LogP contribution in [0.4, 0.5) is 14.6 Å². The molecule has 4 atom stereocenters. The van der Waals surface area contributed by atoms with Crippen LogP contribution >= 0.6 is 0 Å². The number of hydrogen-bond acceptors (Lipinski definition) is 8. The Morgan fingerprint density at radius 2 is 2.02 bits per heavy atom. The summed E-state index contributed by atoms with van der Waals surface area (Å²) in [6, 6.07) is 7.73. The molecule has 2 bridgehead atoms. The summed E-state index contributed by atoms with van der Waals surface area (Å²) in [5, 5.41) is 15.4. The molecule has 226 valence electrons. The molecule has 9 nitrogen and oxygen atoms in total. The van der Waals surface area contributed by atoms with E-state index in [2.05, 4.69) is 21.1 Å². The predicted octanol–water partition coefficient (Wildman–Crippen LogP) is 3.66. The number of rotatable bonds is 5. The summed E-state index contributed by atoms with van der Waals surface area (Å²) in [7, 11) is 0. The van der Waals surface area contributed by atoms with E-state index in [-0.39, 0.29) is 66.6 Å². The Balaban J connectivity index is 1.27. The molecule has 0 amide bonds. The highest BCUT2D eigenvalue weighted by Gasteiger charge is 2.49. The Morgan fingerprint density at radius 1 is 1.20 bits per heavy atom. The van der Waals surface area contributed by atoms with Gasteiger partial charge in [0.15, 0.2) is 0 Å². The van der Waals surface area contributed by atoms with Crippen LogP contribution in [0.3, 0.4) is 0 Å². The fraction of sp³-hybridized carbons (Fsp3) is 0.424. The average molecular weight is 601 g/mol. The van der Waals surface area contributed by atoms with Crippen molar-refractivity contribution in [3.8, 4) is 29.8 Å². The van der Waals surface area contributed by atoms with E-state index in [4.69, 9.17) is 18.9 Å². The summed E-state index contributed by atoms with van der Waals surface area (Å²) >= 11 is 0. The van der Waals surface area contributed by atoms with Crippen molar-refractivity contribution in [1.82, 2.24) is 24.8 Å². The van der Waals surface area contributed by atoms with Gasteiger partial charge in [-0.05, 0) is 55.8 Å². The maximum atomic E-state index is 14.8. The number of phenols is 1. The molecular weight excluding hydrogens is 566 g/mol. The summed E-state index contributed by atoms with van der Waals surface area (Å²) in [4.78, 5) is 27.4. The monoisotopic (exact) mass is 600 g/mol. The largest absolute Gasteiger partial charge is 0.508 e. The van der Waals surface area contributed by atoms with E-state index in [9.17, 15) is 18.7 Å². The van der Waals surface area contributed by atoms with Crippen molar-refractivity contribution in [2.45, 2.75) is 55.9 Å². The molecule has 4 saturated heterocycles. The standard InChI is InChI=1S/C33H32F2N6O3/c1-2-24-26(35)7-4-19-12-23(42)13-27(28(19)24)41-11-8-25-29(31(41)43)37-32(38-30(25)39-16-21-5-6-22(17-39)36-21)44-18-33-9-3-10-40(33)15-20(34)14-33/h1,4,7-8,11-13,20-22,36,42H,3,5-6,9-10,14-18H2/t20-,21-,22+,33+/m1/s1/i10D2. The van der Waals surface area contributed by atoms with Gasteiger partial charge in [0.2, 0.25) is 0 Å². The minimum absolute atomic E-state index is 0.00737. The van der Waals surface area contributed by atoms with Gasteiger partial charge in [-0.15, -0.1) is 6.42 Å². The smallest absolute Gasteiger partial charge is 0.319 e. The highest BCUT2D eigenvalue weighted by atomic mass is 19.1. The van der Waals surface area contributed by atoms with Crippen molar-refractivity contribution in [3.05, 3.63) is 58.3 Å². The molecule has 4 aliphatic heterocycles. The molecule has 2 aromatic carbocycles. The number of benzene rings is 2. The molecular formula is C33H32F2N6O3. The molecule has 8 rings (SSSR count). The Kier molecular flexibility index (Phi) is 5.78. The second kappa shape index (κ2) is 10.1. The molecule has 0 unspecified atom stereocenters. The molecule has 6 heterocycles. The first-order valence-corrected chi connectivity index (χ1v) is 15.0. The summed E-state index contributed by atoms with van der Waals surface area (Å²) in [5.41, 5.74) is -1.19. The van der Waals surface area contributed by atoms with Crippen LogP contribution in [0.1, 0.15) is 40.4 Å². The summed E-state index contributed by atoms with van der Waals surface area (Å²) in [6.45, 7) is -0.336. The molecule has 0 aliphatic carbocycles. The number of aromatic nitrogens is 3. The molecule has 0 spiro atoms. The van der Waals surface area contributed by atoms with Crippen molar-refractivity contribution in [3.63, 3.8) is 0 Å². The number of nitrogens with one attached hydrogen (secondary N) is 1. The van der Waals surface area contributed by atoms with Crippen molar-refractivity contribution in [2.75, 3.05) is 37.6 Å². The number of piperazine rings is 1. The maximum Gasteiger partial charge on any atom is 0.319 e. The lowest BCUT2D eigenvalue weighted by Gasteiger charge is -2.34. The van der Waals surface area contributed by atoms with Crippen LogP contribution in [0.5, 0.6) is 11.8 Å². The van der Waals surface area contributed by atoms with Gasteiger partial charge in [-0.25, -0.2) is 8.78 Å². The van der Waals surface area contributed by atoms with E-state index in [1.165, 1.54) is 28.8 Å². The molecule has 11 heteroatoms. The number of terminal acetylenes is 1. The molecule has 0 radical (unpaired) electrons. The number of pyridine rings is 1. The molecule has 44 heavy (non-hydrogen) atoms. The zero-order valence-corrected chi connectivity index (χ0v) is 23.9. The van der Waals surface area contributed by atoms with Crippen molar-refractivity contribution < 1.29 is 21.4 Å². The Labute approximate surface area is 255 Å². The zero-order valence-electron chi connectivity index (χ0n) is 25.9. The number of alkyl halides is 1. The summed E-state index contributed by atoms with van der Waals surface area (Å²) < 4.78 is 53.7. The number of ether oxygens (including phenoxy) is 1. The van der Waals surface area contributed by atoms with E-state index in [0.29, 0.717) is 41.5 Å². The van der Waals surface area contributed by atoms with Crippen LogP contribution < -0.4 is 20.5 Å². The van der Waals surface area contributed by atoms with E-state index in [1.54, 1.807) is 17.2 Å². The van der Waals surface area contributed by atoms with E-state index >= 15 is 0 Å². The Bertz CT molecular complexity index is 2010. The van der Waals surface area contributed by atoms with Gasteiger partial charge < -0.3 is 20.1 Å². The van der Waals surface area contributed by atoms with Crippen molar-refractivity contribution in [2.24, 2.45) is 0 Å². The van der Waals surface area contributed by atoms with E-state index in [1.807, 2.05) is 0 Å². The summed E-state index contributed by atoms with van der Waals surface area (Å²) in [5.74, 6) is 2.16. The average Bonchev–Trinajstić information content (AvgIpc) is 3.64. The van der Waals surface area contributed by atoms with Gasteiger partial charge in [-0.3, -0.25) is 14.3 Å². The number of nitrogens with zero attached hydrogens (tertiary/aromatic N) is 5. The SMILES string of the molecule is [2H]C1([2H])CC[C@@]2(COc3nc(N4C[C@H]5CC[C@@H](C4)N5)c4ccn(-c5cc(O)cc6ccc(F)c(C#C)c56)c(=O)c4n3)C[C@@H](F)CN12. The quantitative estimate of drug-likeness (QED) is 0.336. The topological polar surface area (TPSA) is 95.8 Å². The highest BCUT2D eigenvalue weighted by molar-refractivity contribution is 5.97. The number of fused-ring (bicyclic) bond motifs is 5. The lowest BCUT2D eigenvalue weighted by molar-refractivity contribution is 0.107. The molecule has 2 N–H and O–H groups in total. The molecule has 0 saturated carbocycles. The van der Waals surface area contributed by atoms with Gasteiger partial charge in [-0.2, -0.15) is 9.97 Å². The maximum absolute atomic E-state index is 14.8. The second-order valence-corrected chi connectivity index (χ2v) is 12.3. The van der Waals surface area contributed by atoms with Crippen LogP contribution in [0.25, 0.3) is 27.4 Å². The first-order chi connectivity index (χ1) is 22.0. The second-order valence-electron chi connectivity index (χ2n) is 12.3. The first kappa shape index (κ1) is 25.1. The summed E-state index contributed by atoms with van der Waals surface area (Å²) in [6.07, 6.45) is 8.95. The van der Waals surface area contributed by atoms with Gasteiger partial charge in [0, 0.05) is 58.5 Å². The van der Waals surface area contributed by atoms with E-state index < -0.39 is 29.6 Å². The van der Waals surface area contributed by atoms with Gasteiger partial charge in [0.1, 0.15) is 35.7 Å². The van der Waals surface area contributed by atoms with Crippen LogP contribution in [0, 0.1) is 18.2 Å². The van der Waals surface area contributed by atoms with Gasteiger partial charge in [0.25, 0.3) is 5.56 Å². The van der Waals surface area contributed by atoms with Gasteiger partial charge in [-0.1, -0.05) is 12.0 Å².